The van der Waals surface area contributed by atoms with Crippen molar-refractivity contribution in [1.82, 2.24) is 0 Å². The van der Waals surface area contributed by atoms with E-state index in [4.69, 9.17) is 11.5 Å². The van der Waals surface area contributed by atoms with Gasteiger partial charge >= 0.3 is 0 Å². The molecule has 14 heavy (non-hydrogen) atoms. The van der Waals surface area contributed by atoms with Crippen LogP contribution in [0.15, 0.2) is 12.1 Å². The van der Waals surface area contributed by atoms with Gasteiger partial charge < -0.3 is 11.5 Å². The van der Waals surface area contributed by atoms with Crippen LogP contribution in [0.5, 0.6) is 0 Å². The van der Waals surface area contributed by atoms with Gasteiger partial charge in [0.25, 0.3) is 0 Å². The Labute approximate surface area is 81.9 Å². The minimum atomic E-state index is -0.965. The van der Waals surface area contributed by atoms with Crippen LogP contribution in [0, 0.1) is 11.6 Å². The Morgan fingerprint density at radius 2 is 1.86 bits per heavy atom. The Bertz CT molecular complexity index is 290. The van der Waals surface area contributed by atoms with Gasteiger partial charge in [-0.2, -0.15) is 0 Å². The Hall–Kier alpha value is -1.16. The summed E-state index contributed by atoms with van der Waals surface area (Å²) in [5.41, 5.74) is 11.2. The first-order chi connectivity index (χ1) is 6.65. The maximum atomic E-state index is 12.9. The molecule has 78 valence electrons. The molecule has 0 radical (unpaired) electrons. The zero-order valence-electron chi connectivity index (χ0n) is 7.89. The minimum Gasteiger partial charge on any atom is -0.396 e. The number of unbranched alkanes of at least 4 members (excludes halogenated alkanes) is 1. The summed E-state index contributed by atoms with van der Waals surface area (Å²) in [4.78, 5) is 0. The van der Waals surface area contributed by atoms with E-state index in [0.717, 1.165) is 18.4 Å². The van der Waals surface area contributed by atoms with Crippen molar-refractivity contribution < 1.29 is 8.78 Å². The molecule has 1 aromatic carbocycles. The highest BCUT2D eigenvalue weighted by Gasteiger charge is 2.07. The highest BCUT2D eigenvalue weighted by molar-refractivity contribution is 5.43. The van der Waals surface area contributed by atoms with Crippen LogP contribution in [0.1, 0.15) is 18.4 Å². The number of rotatable bonds is 4. The van der Waals surface area contributed by atoms with Crippen LogP contribution < -0.4 is 11.5 Å². The van der Waals surface area contributed by atoms with Gasteiger partial charge in [0.15, 0.2) is 11.6 Å². The molecular formula is C10H14F2N2. The summed E-state index contributed by atoms with van der Waals surface area (Å²) in [5.74, 6) is -1.85. The molecule has 0 aliphatic rings. The molecule has 0 heterocycles. The topological polar surface area (TPSA) is 52.0 Å². The monoisotopic (exact) mass is 200 g/mol. The molecule has 0 amide bonds. The fourth-order valence-corrected chi connectivity index (χ4v) is 1.29. The van der Waals surface area contributed by atoms with E-state index in [1.54, 1.807) is 0 Å². The lowest BCUT2D eigenvalue weighted by Crippen LogP contribution is -2.01. The largest absolute Gasteiger partial charge is 0.396 e. The molecule has 0 saturated heterocycles. The zero-order chi connectivity index (χ0) is 10.6. The Morgan fingerprint density at radius 1 is 1.14 bits per heavy atom. The zero-order valence-corrected chi connectivity index (χ0v) is 7.89. The highest BCUT2D eigenvalue weighted by Crippen LogP contribution is 2.17. The molecule has 1 aromatic rings. The third-order valence-electron chi connectivity index (χ3n) is 2.04. The summed E-state index contributed by atoms with van der Waals surface area (Å²) in [6.07, 6.45) is 2.42. The van der Waals surface area contributed by atoms with Crippen LogP contribution in [0.3, 0.4) is 0 Å². The molecule has 4 N–H and O–H groups in total. The third kappa shape index (κ3) is 2.67. The van der Waals surface area contributed by atoms with Crippen molar-refractivity contribution >= 4 is 5.69 Å². The van der Waals surface area contributed by atoms with E-state index in [1.165, 1.54) is 12.1 Å². The SMILES string of the molecule is NCCCCc1cc(N)c(F)c(F)c1. The molecular weight excluding hydrogens is 186 g/mol. The molecule has 2 nitrogen and oxygen atoms in total. The van der Waals surface area contributed by atoms with Crippen molar-refractivity contribution in [2.45, 2.75) is 19.3 Å². The summed E-state index contributed by atoms with van der Waals surface area (Å²) >= 11 is 0. The summed E-state index contributed by atoms with van der Waals surface area (Å²) in [6, 6.07) is 2.65. The first-order valence-corrected chi connectivity index (χ1v) is 4.58. The predicted molar refractivity (Wildman–Crippen MR) is 52.8 cm³/mol. The van der Waals surface area contributed by atoms with Crippen LogP contribution in [0.25, 0.3) is 0 Å². The first kappa shape index (κ1) is 10.9. The fraction of sp³-hybridized carbons (Fsp3) is 0.400. The lowest BCUT2D eigenvalue weighted by molar-refractivity contribution is 0.510. The minimum absolute atomic E-state index is 0.132. The van der Waals surface area contributed by atoms with Gasteiger partial charge in [-0.1, -0.05) is 0 Å². The smallest absolute Gasteiger partial charge is 0.181 e. The first-order valence-electron chi connectivity index (χ1n) is 4.58. The Balaban J connectivity index is 2.69. The van der Waals surface area contributed by atoms with Crippen LogP contribution in [0.2, 0.25) is 0 Å². The number of anilines is 1. The van der Waals surface area contributed by atoms with Gasteiger partial charge in [-0.25, -0.2) is 8.78 Å². The van der Waals surface area contributed by atoms with Crippen LogP contribution in [0.4, 0.5) is 14.5 Å². The number of hydrogen-bond donors (Lipinski definition) is 2. The van der Waals surface area contributed by atoms with Crippen molar-refractivity contribution in [3.63, 3.8) is 0 Å². The molecule has 0 fully saturated rings. The van der Waals surface area contributed by atoms with Crippen molar-refractivity contribution in [1.29, 1.82) is 0 Å². The Kier molecular flexibility index (Phi) is 3.83. The van der Waals surface area contributed by atoms with Gasteiger partial charge in [0.1, 0.15) is 0 Å². The molecule has 4 heteroatoms. The second-order valence-electron chi connectivity index (χ2n) is 3.23. The van der Waals surface area contributed by atoms with E-state index in [9.17, 15) is 8.78 Å². The van der Waals surface area contributed by atoms with Gasteiger partial charge in [0.2, 0.25) is 0 Å². The summed E-state index contributed by atoms with van der Waals surface area (Å²) in [7, 11) is 0. The van der Waals surface area contributed by atoms with Gasteiger partial charge in [-0.15, -0.1) is 0 Å². The number of benzene rings is 1. The van der Waals surface area contributed by atoms with E-state index in [0.29, 0.717) is 13.0 Å². The predicted octanol–water partition coefficient (Wildman–Crippen LogP) is 1.83. The van der Waals surface area contributed by atoms with Gasteiger partial charge in [0, 0.05) is 0 Å². The summed E-state index contributed by atoms with van der Waals surface area (Å²) < 4.78 is 25.6. The van der Waals surface area contributed by atoms with Gasteiger partial charge in [-0.3, -0.25) is 0 Å². The standard InChI is InChI=1S/C10H14F2N2/c11-8-5-7(3-1-2-4-13)6-9(14)10(8)12/h5-6H,1-4,13-14H2. The highest BCUT2D eigenvalue weighted by atomic mass is 19.2. The second kappa shape index (κ2) is 4.91. The molecule has 0 bridgehead atoms. The molecule has 0 saturated carbocycles. The van der Waals surface area contributed by atoms with Crippen molar-refractivity contribution in [2.24, 2.45) is 5.73 Å². The summed E-state index contributed by atoms with van der Waals surface area (Å²) in [6.45, 7) is 0.610. The van der Waals surface area contributed by atoms with Crippen molar-refractivity contribution in [3.05, 3.63) is 29.3 Å². The van der Waals surface area contributed by atoms with Crippen molar-refractivity contribution in [3.8, 4) is 0 Å². The maximum absolute atomic E-state index is 12.9. The third-order valence-corrected chi connectivity index (χ3v) is 2.04. The summed E-state index contributed by atoms with van der Waals surface area (Å²) in [5, 5.41) is 0. The van der Waals surface area contributed by atoms with Crippen LogP contribution >= 0.6 is 0 Å². The van der Waals surface area contributed by atoms with E-state index < -0.39 is 11.6 Å². The average Bonchev–Trinajstić information content (AvgIpc) is 2.14. The molecule has 0 aliphatic heterocycles. The van der Waals surface area contributed by atoms with E-state index in [1.807, 2.05) is 0 Å². The number of nitrogen functional groups attached to an aromatic ring is 1. The van der Waals surface area contributed by atoms with Gasteiger partial charge in [-0.05, 0) is 43.5 Å². The molecule has 0 unspecified atom stereocenters. The van der Waals surface area contributed by atoms with Crippen molar-refractivity contribution in [2.75, 3.05) is 12.3 Å². The Morgan fingerprint density at radius 3 is 2.43 bits per heavy atom. The lowest BCUT2D eigenvalue weighted by Gasteiger charge is -2.04. The van der Waals surface area contributed by atoms with E-state index in [2.05, 4.69) is 0 Å². The quantitative estimate of drug-likeness (QED) is 0.575. The molecule has 1 rings (SSSR count). The number of aryl methyl sites for hydroxylation is 1. The number of hydrogen-bond acceptors (Lipinski definition) is 2. The molecule has 0 atom stereocenters. The van der Waals surface area contributed by atoms with E-state index in [-0.39, 0.29) is 5.69 Å². The number of halogens is 2. The lowest BCUT2D eigenvalue weighted by atomic mass is 10.1. The number of nitrogens with two attached hydrogens (primary N) is 2. The van der Waals surface area contributed by atoms with Gasteiger partial charge in [0.05, 0.1) is 5.69 Å². The fourth-order valence-electron chi connectivity index (χ4n) is 1.29. The maximum Gasteiger partial charge on any atom is 0.181 e. The van der Waals surface area contributed by atoms with E-state index >= 15 is 0 Å². The molecule has 0 aromatic heterocycles. The molecule has 0 aliphatic carbocycles. The normalized spacial score (nSPS) is 10.5. The average molecular weight is 200 g/mol. The van der Waals surface area contributed by atoms with Crippen LogP contribution in [-0.2, 0) is 6.42 Å². The molecule has 0 spiro atoms. The van der Waals surface area contributed by atoms with Crippen LogP contribution in [-0.4, -0.2) is 6.54 Å². The second-order valence-corrected chi connectivity index (χ2v) is 3.23.